The van der Waals surface area contributed by atoms with Gasteiger partial charge in [0.1, 0.15) is 0 Å². The van der Waals surface area contributed by atoms with Crippen molar-refractivity contribution in [2.75, 3.05) is 13.2 Å². The number of halogens is 2. The van der Waals surface area contributed by atoms with Crippen molar-refractivity contribution in [3.63, 3.8) is 0 Å². The molecule has 4 aromatic carbocycles. The van der Waals surface area contributed by atoms with Gasteiger partial charge >= 0.3 is 0 Å². The first-order valence-electron chi connectivity index (χ1n) is 23.6. The average molecular weight is 1090 g/mol. The van der Waals surface area contributed by atoms with Gasteiger partial charge in [-0.15, -0.1) is 45.3 Å². The molecular formula is C58H62Br2OS4Si. The molecule has 13 rings (SSSR count). The van der Waals surface area contributed by atoms with Crippen LogP contribution in [0.4, 0.5) is 0 Å². The Morgan fingerprint density at radius 2 is 0.773 bits per heavy atom. The SMILES string of the molecule is C1CCOC1.CC1(C)c2cc(Br)sc2-c2ccc3c4c(ccc3c21)-c1sc(Br)cc1C4(C)C.CC1(C)c2ccsc2-c2ccc3c4c(ccc3c21)-c1sccc1C4(C)C.C[SiH](C)C(C)(C)C. The van der Waals surface area contributed by atoms with Crippen molar-refractivity contribution in [1.82, 2.24) is 0 Å². The predicted molar refractivity (Wildman–Crippen MR) is 304 cm³/mol. The maximum atomic E-state index is 4.94. The Balaban J connectivity index is 0.000000125. The van der Waals surface area contributed by atoms with Crippen LogP contribution in [0.1, 0.15) is 134 Å². The number of fused-ring (bicyclic) bond motifs is 18. The molecule has 342 valence electrons. The molecule has 0 bridgehead atoms. The molecule has 66 heavy (non-hydrogen) atoms. The summed E-state index contributed by atoms with van der Waals surface area (Å²) in [6.07, 6.45) is 2.56. The molecule has 0 amide bonds. The van der Waals surface area contributed by atoms with Crippen molar-refractivity contribution in [2.45, 2.75) is 129 Å². The largest absolute Gasteiger partial charge is 0.381 e. The van der Waals surface area contributed by atoms with Crippen LogP contribution in [0.15, 0.2) is 91.1 Å². The minimum absolute atomic E-state index is 0.0253. The van der Waals surface area contributed by atoms with E-state index in [2.05, 4.69) is 205 Å². The lowest BCUT2D eigenvalue weighted by molar-refractivity contribution is 0.198. The molecule has 1 saturated heterocycles. The molecular weight excluding hydrogens is 1030 g/mol. The van der Waals surface area contributed by atoms with Gasteiger partial charge in [-0.2, -0.15) is 0 Å². The molecule has 8 aromatic rings. The smallest absolute Gasteiger partial charge is 0.0708 e. The van der Waals surface area contributed by atoms with Crippen molar-refractivity contribution in [2.24, 2.45) is 0 Å². The van der Waals surface area contributed by atoms with Crippen LogP contribution in [0.2, 0.25) is 18.1 Å². The summed E-state index contributed by atoms with van der Waals surface area (Å²) in [5.74, 6) is 0. The van der Waals surface area contributed by atoms with Crippen LogP contribution in [0.25, 0.3) is 63.3 Å². The number of rotatable bonds is 0. The third-order valence-corrected chi connectivity index (χ3v) is 24.6. The van der Waals surface area contributed by atoms with E-state index in [-0.39, 0.29) is 30.5 Å². The number of ether oxygens (including phenoxy) is 1. The predicted octanol–water partition coefficient (Wildman–Crippen LogP) is 19.7. The highest BCUT2D eigenvalue weighted by atomic mass is 79.9. The first-order valence-corrected chi connectivity index (χ1v) is 31.5. The van der Waals surface area contributed by atoms with E-state index in [9.17, 15) is 0 Å². The Bertz CT molecular complexity index is 3020. The van der Waals surface area contributed by atoms with Gasteiger partial charge in [-0.05, 0) is 173 Å². The molecule has 1 nitrogen and oxygen atoms in total. The maximum absolute atomic E-state index is 4.94. The Morgan fingerprint density at radius 1 is 0.470 bits per heavy atom. The van der Waals surface area contributed by atoms with Crippen molar-refractivity contribution >= 4 is 108 Å². The maximum Gasteiger partial charge on any atom is 0.0708 e. The van der Waals surface area contributed by atoms with Crippen LogP contribution in [-0.4, -0.2) is 22.0 Å². The van der Waals surface area contributed by atoms with Crippen LogP contribution < -0.4 is 0 Å². The zero-order valence-electron chi connectivity index (χ0n) is 40.8. The molecule has 5 aliphatic rings. The lowest BCUT2D eigenvalue weighted by Crippen LogP contribution is -2.17. The van der Waals surface area contributed by atoms with Crippen LogP contribution in [0.5, 0.6) is 0 Å². The third-order valence-electron chi connectivity index (χ3n) is 15.9. The molecule has 4 aromatic heterocycles. The Kier molecular flexibility index (Phi) is 11.7. The van der Waals surface area contributed by atoms with E-state index in [1.54, 1.807) is 0 Å². The second-order valence-corrected chi connectivity index (χ2v) is 33.1. The van der Waals surface area contributed by atoms with E-state index < -0.39 is 0 Å². The summed E-state index contributed by atoms with van der Waals surface area (Å²) in [6, 6.07) is 28.3. The molecule has 0 unspecified atom stereocenters. The molecule has 1 aliphatic heterocycles. The van der Waals surface area contributed by atoms with E-state index in [0.29, 0.717) is 5.04 Å². The van der Waals surface area contributed by atoms with E-state index in [4.69, 9.17) is 4.74 Å². The number of benzene rings is 4. The lowest BCUT2D eigenvalue weighted by atomic mass is 9.76. The van der Waals surface area contributed by atoms with Gasteiger partial charge in [0.25, 0.3) is 0 Å². The second-order valence-electron chi connectivity index (χ2n) is 22.4. The first-order chi connectivity index (χ1) is 31.1. The van der Waals surface area contributed by atoms with E-state index >= 15 is 0 Å². The van der Waals surface area contributed by atoms with Gasteiger partial charge in [0.2, 0.25) is 0 Å². The highest BCUT2D eigenvalue weighted by Gasteiger charge is 2.44. The van der Waals surface area contributed by atoms with Crippen molar-refractivity contribution < 1.29 is 4.74 Å². The van der Waals surface area contributed by atoms with Crippen molar-refractivity contribution in [3.05, 3.63) is 136 Å². The summed E-state index contributed by atoms with van der Waals surface area (Å²) >= 11 is 14.9. The summed E-state index contributed by atoms with van der Waals surface area (Å²) in [7, 11) is -0.359. The fraction of sp³-hybridized carbons (Fsp3) is 0.379. The number of thiophene rings is 4. The summed E-state index contributed by atoms with van der Waals surface area (Å²) in [6.45, 7) is 32.8. The van der Waals surface area contributed by atoms with Gasteiger partial charge in [-0.1, -0.05) is 138 Å². The molecule has 0 atom stereocenters. The minimum Gasteiger partial charge on any atom is -0.381 e. The van der Waals surface area contributed by atoms with E-state index in [1.807, 2.05) is 45.3 Å². The molecule has 8 heteroatoms. The molecule has 1 fully saturated rings. The summed E-state index contributed by atoms with van der Waals surface area (Å²) in [4.78, 5) is 5.78. The van der Waals surface area contributed by atoms with Crippen molar-refractivity contribution in [1.29, 1.82) is 0 Å². The Hall–Kier alpha value is -2.66. The first kappa shape index (κ1) is 47.0. The summed E-state index contributed by atoms with van der Waals surface area (Å²) in [5, 5.41) is 10.8. The molecule has 0 radical (unpaired) electrons. The van der Waals surface area contributed by atoms with Gasteiger partial charge < -0.3 is 4.74 Å². The van der Waals surface area contributed by atoms with Crippen LogP contribution in [0.3, 0.4) is 0 Å². The molecule has 5 heterocycles. The van der Waals surface area contributed by atoms with E-state index in [0.717, 1.165) is 13.2 Å². The van der Waals surface area contributed by atoms with Gasteiger partial charge in [-0.3, -0.25) is 0 Å². The standard InChI is InChI=1S/C24H18Br2S2.C24H20S2.C6H16Si.C4H8O/c1-23(2)15-9-17(25)27-21(15)13-7-6-12-11(19(13)23)5-8-14-20(12)24(3,4)16-10-18(26)28-22(14)16;1-23(2)17-9-11-25-21(17)15-7-6-14-13(19(15)23)5-8-16-20(14)24(3,4)18-10-12-26-22(16)18;1-6(2,3)7(4)5;1-2-4-5-3-1/h5-10H,1-4H3;5-12H,1-4H3;7H,1-5H3;1-4H2. The quantitative estimate of drug-likeness (QED) is 0.138. The van der Waals surface area contributed by atoms with Crippen LogP contribution in [-0.2, 0) is 26.4 Å². The Labute approximate surface area is 427 Å². The van der Waals surface area contributed by atoms with Gasteiger partial charge in [0.05, 0.1) is 7.57 Å². The van der Waals surface area contributed by atoms with Crippen LogP contribution >= 0.6 is 77.2 Å². The highest BCUT2D eigenvalue weighted by molar-refractivity contribution is 9.11. The molecule has 0 saturated carbocycles. The topological polar surface area (TPSA) is 9.23 Å². The highest BCUT2D eigenvalue weighted by Crippen LogP contribution is 2.61. The van der Waals surface area contributed by atoms with Crippen molar-refractivity contribution in [3.8, 4) is 41.8 Å². The lowest BCUT2D eigenvalue weighted by Gasteiger charge is -2.26. The molecule has 0 spiro atoms. The van der Waals surface area contributed by atoms with Gasteiger partial charge in [0, 0.05) is 63.2 Å². The summed E-state index contributed by atoms with van der Waals surface area (Å²) < 4.78 is 7.39. The van der Waals surface area contributed by atoms with E-state index in [1.165, 1.54) is 128 Å². The normalized spacial score (nSPS) is 17.6. The molecule has 0 N–H and O–H groups in total. The fourth-order valence-electron chi connectivity index (χ4n) is 11.4. The zero-order valence-corrected chi connectivity index (χ0v) is 48.4. The van der Waals surface area contributed by atoms with Crippen LogP contribution in [0, 0.1) is 0 Å². The number of hydrogen-bond donors (Lipinski definition) is 0. The third kappa shape index (κ3) is 7.18. The Morgan fingerprint density at radius 3 is 1.06 bits per heavy atom. The fourth-order valence-corrected chi connectivity index (χ4v) is 17.1. The number of hydrogen-bond acceptors (Lipinski definition) is 5. The minimum atomic E-state index is -0.359. The summed E-state index contributed by atoms with van der Waals surface area (Å²) in [5.41, 5.74) is 17.8. The monoisotopic (exact) mass is 1090 g/mol. The van der Waals surface area contributed by atoms with Gasteiger partial charge in [0.15, 0.2) is 0 Å². The zero-order chi connectivity index (χ0) is 47.0. The molecule has 4 aliphatic carbocycles. The second kappa shape index (κ2) is 16.5. The van der Waals surface area contributed by atoms with Gasteiger partial charge in [-0.25, -0.2) is 0 Å². The average Bonchev–Trinajstić information content (AvgIpc) is 4.12.